The molecular weight excluding hydrogens is 238 g/mol. The molecule has 1 aliphatic heterocycles. The van der Waals surface area contributed by atoms with Gasteiger partial charge in [-0.3, -0.25) is 14.4 Å². The first-order chi connectivity index (χ1) is 8.26. The number of carbonyl (C=O) groups excluding carboxylic acids is 2. The number of hydrogen-bond donors (Lipinski definition) is 3. The van der Waals surface area contributed by atoms with E-state index in [0.717, 1.165) is 0 Å². The lowest BCUT2D eigenvalue weighted by molar-refractivity contribution is -0.154. The van der Waals surface area contributed by atoms with Gasteiger partial charge in [0.25, 0.3) is 0 Å². The molecule has 18 heavy (non-hydrogen) atoms. The molecule has 1 aliphatic rings. The van der Waals surface area contributed by atoms with Crippen LogP contribution in [0.4, 0.5) is 0 Å². The Kier molecular flexibility index (Phi) is 4.28. The lowest BCUT2D eigenvalue weighted by Crippen LogP contribution is -2.53. The maximum atomic E-state index is 11.9. The molecule has 102 valence electrons. The topological polar surface area (TPSA) is 127 Å². The van der Waals surface area contributed by atoms with Crippen LogP contribution in [-0.2, 0) is 14.4 Å². The second kappa shape index (κ2) is 5.34. The van der Waals surface area contributed by atoms with Crippen molar-refractivity contribution in [3.05, 3.63) is 0 Å². The van der Waals surface area contributed by atoms with E-state index in [-0.39, 0.29) is 13.0 Å². The molecule has 1 heterocycles. The Labute approximate surface area is 105 Å². The molecule has 1 rings (SSSR count). The molecule has 7 heteroatoms. The van der Waals surface area contributed by atoms with E-state index in [9.17, 15) is 14.4 Å². The van der Waals surface area contributed by atoms with Crippen molar-refractivity contribution >= 4 is 17.8 Å². The molecule has 0 spiro atoms. The summed E-state index contributed by atoms with van der Waals surface area (Å²) >= 11 is 0. The van der Waals surface area contributed by atoms with Crippen LogP contribution in [0.15, 0.2) is 0 Å². The van der Waals surface area contributed by atoms with Crippen LogP contribution < -0.4 is 11.5 Å². The molecule has 5 N–H and O–H groups in total. The number of aliphatic carboxylic acids is 1. The Hall–Kier alpha value is -1.63. The lowest BCUT2D eigenvalue weighted by atomic mass is 9.82. The number of carboxylic acids is 1. The third-order valence-electron chi connectivity index (χ3n) is 3.26. The zero-order valence-corrected chi connectivity index (χ0v) is 10.4. The van der Waals surface area contributed by atoms with Crippen molar-refractivity contribution in [3.63, 3.8) is 0 Å². The Morgan fingerprint density at radius 1 is 1.44 bits per heavy atom. The molecule has 0 aliphatic carbocycles. The van der Waals surface area contributed by atoms with Crippen molar-refractivity contribution < 1.29 is 19.5 Å². The molecule has 0 radical (unpaired) electrons. The third kappa shape index (κ3) is 3.19. The largest absolute Gasteiger partial charge is 0.481 e. The summed E-state index contributed by atoms with van der Waals surface area (Å²) in [5.74, 6) is -1.99. The zero-order valence-electron chi connectivity index (χ0n) is 10.4. The highest BCUT2D eigenvalue weighted by Crippen LogP contribution is 2.29. The minimum Gasteiger partial charge on any atom is -0.481 e. The molecule has 1 fully saturated rings. The van der Waals surface area contributed by atoms with E-state index >= 15 is 0 Å². The number of rotatable bonds is 4. The fourth-order valence-corrected chi connectivity index (χ4v) is 2.14. The first kappa shape index (κ1) is 14.4. The summed E-state index contributed by atoms with van der Waals surface area (Å²) in [5, 5.41) is 9.14. The number of primary amides is 1. The molecule has 1 saturated heterocycles. The lowest BCUT2D eigenvalue weighted by Gasteiger charge is -2.38. The predicted molar refractivity (Wildman–Crippen MR) is 63.3 cm³/mol. The zero-order chi connectivity index (χ0) is 13.9. The van der Waals surface area contributed by atoms with Gasteiger partial charge in [0, 0.05) is 13.1 Å². The smallest absolute Gasteiger partial charge is 0.311 e. The Balaban J connectivity index is 2.69. The van der Waals surface area contributed by atoms with Gasteiger partial charge in [0.1, 0.15) is 0 Å². The van der Waals surface area contributed by atoms with Gasteiger partial charge in [0.15, 0.2) is 0 Å². The average Bonchev–Trinajstić information content (AvgIpc) is 2.27. The second-order valence-electron chi connectivity index (χ2n) is 5.01. The maximum Gasteiger partial charge on any atom is 0.311 e. The minimum absolute atomic E-state index is 0.119. The number of amides is 2. The van der Waals surface area contributed by atoms with Crippen LogP contribution in [0, 0.1) is 5.41 Å². The number of piperidine rings is 1. The molecular formula is C11H19N3O4. The number of nitrogens with zero attached hydrogens (tertiary/aromatic N) is 1. The highest BCUT2D eigenvalue weighted by Gasteiger charge is 2.40. The van der Waals surface area contributed by atoms with Crippen LogP contribution in [0.3, 0.4) is 0 Å². The van der Waals surface area contributed by atoms with E-state index in [0.29, 0.717) is 19.4 Å². The van der Waals surface area contributed by atoms with Gasteiger partial charge < -0.3 is 21.5 Å². The summed E-state index contributed by atoms with van der Waals surface area (Å²) in [7, 11) is 0. The second-order valence-corrected chi connectivity index (χ2v) is 5.01. The van der Waals surface area contributed by atoms with Gasteiger partial charge in [-0.15, -0.1) is 0 Å². The molecule has 2 unspecified atom stereocenters. The van der Waals surface area contributed by atoms with Gasteiger partial charge in [0.2, 0.25) is 11.8 Å². The van der Waals surface area contributed by atoms with Gasteiger partial charge in [-0.25, -0.2) is 0 Å². The van der Waals surface area contributed by atoms with E-state index in [4.69, 9.17) is 16.6 Å². The first-order valence-electron chi connectivity index (χ1n) is 5.82. The summed E-state index contributed by atoms with van der Waals surface area (Å²) in [6, 6.07) is -0.987. The summed E-state index contributed by atoms with van der Waals surface area (Å²) in [5.41, 5.74) is 9.61. The van der Waals surface area contributed by atoms with E-state index in [2.05, 4.69) is 0 Å². The van der Waals surface area contributed by atoms with Crippen molar-refractivity contribution in [1.29, 1.82) is 0 Å². The molecule has 0 aromatic heterocycles. The van der Waals surface area contributed by atoms with Crippen LogP contribution in [0.1, 0.15) is 26.2 Å². The fourth-order valence-electron chi connectivity index (χ4n) is 2.14. The van der Waals surface area contributed by atoms with Gasteiger partial charge in [-0.1, -0.05) is 0 Å². The normalized spacial score (nSPS) is 25.6. The van der Waals surface area contributed by atoms with Crippen molar-refractivity contribution in [3.8, 4) is 0 Å². The summed E-state index contributed by atoms with van der Waals surface area (Å²) in [6.45, 7) is 2.19. The Morgan fingerprint density at radius 3 is 2.56 bits per heavy atom. The van der Waals surface area contributed by atoms with Crippen LogP contribution in [0.25, 0.3) is 0 Å². The maximum absolute atomic E-state index is 11.9. The predicted octanol–water partition coefficient (Wildman–Crippen LogP) is -1.10. The van der Waals surface area contributed by atoms with Gasteiger partial charge in [-0.05, 0) is 19.8 Å². The minimum atomic E-state index is -0.987. The van der Waals surface area contributed by atoms with Crippen molar-refractivity contribution in [2.45, 2.75) is 32.2 Å². The van der Waals surface area contributed by atoms with Crippen molar-refractivity contribution in [2.24, 2.45) is 16.9 Å². The molecule has 0 aromatic carbocycles. The highest BCUT2D eigenvalue weighted by atomic mass is 16.4. The fraction of sp³-hybridized carbons (Fsp3) is 0.727. The molecule has 0 aromatic rings. The number of nitrogens with two attached hydrogens (primary N) is 2. The van der Waals surface area contributed by atoms with Crippen molar-refractivity contribution in [1.82, 2.24) is 4.90 Å². The van der Waals surface area contributed by atoms with E-state index in [1.54, 1.807) is 6.92 Å². The molecule has 7 nitrogen and oxygen atoms in total. The van der Waals surface area contributed by atoms with E-state index in [1.165, 1.54) is 4.90 Å². The highest BCUT2D eigenvalue weighted by molar-refractivity contribution is 5.88. The van der Waals surface area contributed by atoms with Crippen LogP contribution >= 0.6 is 0 Å². The van der Waals surface area contributed by atoms with Gasteiger partial charge >= 0.3 is 5.97 Å². The number of likely N-dealkylation sites (tertiary alicyclic amines) is 1. The van der Waals surface area contributed by atoms with E-state index in [1.807, 2.05) is 0 Å². The molecule has 0 bridgehead atoms. The average molecular weight is 257 g/mol. The summed E-state index contributed by atoms with van der Waals surface area (Å²) in [6.07, 6.45) is 0.911. The standard InChI is InChI=1S/C11H19N3O4/c1-11(10(17)18)3-2-4-14(6-11)9(16)7(12)5-8(13)15/h7H,2-6,12H2,1H3,(H2,13,15)(H,17,18). The number of carboxylic acid groups (broad SMARTS) is 1. The molecule has 2 atom stereocenters. The summed E-state index contributed by atoms with van der Waals surface area (Å²) in [4.78, 5) is 35.2. The monoisotopic (exact) mass is 257 g/mol. The number of hydrogen-bond acceptors (Lipinski definition) is 4. The Bertz CT molecular complexity index is 371. The third-order valence-corrected chi connectivity index (χ3v) is 3.26. The number of carbonyl (C=O) groups is 3. The summed E-state index contributed by atoms with van der Waals surface area (Å²) < 4.78 is 0. The van der Waals surface area contributed by atoms with E-state index < -0.39 is 29.2 Å². The van der Waals surface area contributed by atoms with Crippen LogP contribution in [-0.4, -0.2) is 46.9 Å². The SMILES string of the molecule is CC1(C(=O)O)CCCN(C(=O)C(N)CC(N)=O)C1. The van der Waals surface area contributed by atoms with Gasteiger partial charge in [-0.2, -0.15) is 0 Å². The van der Waals surface area contributed by atoms with Crippen molar-refractivity contribution in [2.75, 3.05) is 13.1 Å². The quantitative estimate of drug-likeness (QED) is 0.589. The Morgan fingerprint density at radius 2 is 2.06 bits per heavy atom. The molecule has 2 amide bonds. The van der Waals surface area contributed by atoms with Gasteiger partial charge in [0.05, 0.1) is 17.9 Å². The van der Waals surface area contributed by atoms with Crippen LogP contribution in [0.2, 0.25) is 0 Å². The first-order valence-corrected chi connectivity index (χ1v) is 5.82. The van der Waals surface area contributed by atoms with Crippen LogP contribution in [0.5, 0.6) is 0 Å². The molecule has 0 saturated carbocycles.